The monoisotopic (exact) mass is 486 g/mol. The SMILES string of the molecule is Cc1cc(O[C@@H](C)C(=O)Nc2ccc(S(=O)(=O)Nc3c(C)cccc3C)cc2)cc(C)c1Cl. The fraction of sp³-hybridized carbons (Fsp3) is 0.240. The Hall–Kier alpha value is -3.03. The number of amides is 1. The average Bonchev–Trinajstić information content (AvgIpc) is 2.75. The predicted molar refractivity (Wildman–Crippen MR) is 133 cm³/mol. The summed E-state index contributed by atoms with van der Waals surface area (Å²) in [7, 11) is -3.77. The van der Waals surface area contributed by atoms with Crippen LogP contribution in [0.4, 0.5) is 11.4 Å². The van der Waals surface area contributed by atoms with Crippen molar-refractivity contribution in [2.45, 2.75) is 45.6 Å². The molecule has 0 fully saturated rings. The number of para-hydroxylation sites is 1. The molecule has 0 saturated carbocycles. The molecule has 1 amide bonds. The van der Waals surface area contributed by atoms with Gasteiger partial charge in [0.1, 0.15) is 5.75 Å². The van der Waals surface area contributed by atoms with Crippen molar-refractivity contribution >= 4 is 38.9 Å². The molecular formula is C25H27ClN2O4S. The number of carbonyl (C=O) groups excluding carboxylic acids is 1. The molecular weight excluding hydrogens is 460 g/mol. The smallest absolute Gasteiger partial charge is 0.265 e. The van der Waals surface area contributed by atoms with Gasteiger partial charge in [-0.3, -0.25) is 9.52 Å². The van der Waals surface area contributed by atoms with E-state index in [4.69, 9.17) is 16.3 Å². The number of ether oxygens (including phenoxy) is 1. The van der Waals surface area contributed by atoms with Crippen LogP contribution < -0.4 is 14.8 Å². The summed E-state index contributed by atoms with van der Waals surface area (Å²) in [6.45, 7) is 9.08. The highest BCUT2D eigenvalue weighted by Crippen LogP contribution is 2.27. The first-order chi connectivity index (χ1) is 15.5. The normalized spacial score (nSPS) is 12.2. The minimum Gasteiger partial charge on any atom is -0.481 e. The van der Waals surface area contributed by atoms with Crippen molar-refractivity contribution in [1.82, 2.24) is 0 Å². The van der Waals surface area contributed by atoms with E-state index in [9.17, 15) is 13.2 Å². The van der Waals surface area contributed by atoms with Gasteiger partial charge >= 0.3 is 0 Å². The van der Waals surface area contributed by atoms with E-state index in [1.807, 2.05) is 45.9 Å². The van der Waals surface area contributed by atoms with Crippen molar-refractivity contribution < 1.29 is 17.9 Å². The van der Waals surface area contributed by atoms with Gasteiger partial charge in [0.05, 0.1) is 10.6 Å². The number of benzene rings is 3. The lowest BCUT2D eigenvalue weighted by molar-refractivity contribution is -0.122. The molecule has 1 atom stereocenters. The van der Waals surface area contributed by atoms with E-state index in [1.165, 1.54) is 12.1 Å². The number of anilines is 2. The summed E-state index contributed by atoms with van der Waals surface area (Å²) in [5.74, 6) is 0.195. The maximum atomic E-state index is 12.8. The van der Waals surface area contributed by atoms with Gasteiger partial charge in [0.15, 0.2) is 6.10 Å². The lowest BCUT2D eigenvalue weighted by atomic mass is 10.1. The Kier molecular flexibility index (Phi) is 7.34. The molecule has 6 nitrogen and oxygen atoms in total. The van der Waals surface area contributed by atoms with Crippen molar-refractivity contribution in [3.63, 3.8) is 0 Å². The summed E-state index contributed by atoms with van der Waals surface area (Å²) in [4.78, 5) is 12.7. The quantitative estimate of drug-likeness (QED) is 0.443. The third-order valence-corrected chi connectivity index (χ3v) is 7.20. The Balaban J connectivity index is 1.68. The first kappa shape index (κ1) is 24.6. The zero-order chi connectivity index (χ0) is 24.3. The number of carbonyl (C=O) groups is 1. The maximum absolute atomic E-state index is 12.8. The zero-order valence-corrected chi connectivity index (χ0v) is 20.8. The lowest BCUT2D eigenvalue weighted by Gasteiger charge is -2.17. The number of hydrogen-bond acceptors (Lipinski definition) is 4. The molecule has 0 bridgehead atoms. The summed E-state index contributed by atoms with van der Waals surface area (Å²) in [6, 6.07) is 15.1. The molecule has 33 heavy (non-hydrogen) atoms. The first-order valence-electron chi connectivity index (χ1n) is 10.4. The second-order valence-electron chi connectivity index (χ2n) is 8.02. The van der Waals surface area contributed by atoms with Crippen LogP contribution >= 0.6 is 11.6 Å². The Labute approximate surface area is 200 Å². The largest absolute Gasteiger partial charge is 0.481 e. The van der Waals surface area contributed by atoms with Gasteiger partial charge in [0.25, 0.3) is 15.9 Å². The van der Waals surface area contributed by atoms with E-state index in [2.05, 4.69) is 10.0 Å². The van der Waals surface area contributed by atoms with E-state index < -0.39 is 16.1 Å². The van der Waals surface area contributed by atoms with Crippen LogP contribution in [-0.4, -0.2) is 20.4 Å². The van der Waals surface area contributed by atoms with Gasteiger partial charge in [-0.15, -0.1) is 0 Å². The topological polar surface area (TPSA) is 84.5 Å². The Morgan fingerprint density at radius 3 is 2.00 bits per heavy atom. The second kappa shape index (κ2) is 9.85. The zero-order valence-electron chi connectivity index (χ0n) is 19.2. The average molecular weight is 487 g/mol. The van der Waals surface area contributed by atoms with Gasteiger partial charge in [-0.05, 0) is 93.3 Å². The Morgan fingerprint density at radius 2 is 1.45 bits per heavy atom. The number of aryl methyl sites for hydroxylation is 4. The molecule has 0 aliphatic heterocycles. The molecule has 0 saturated heterocycles. The molecule has 0 heterocycles. The summed E-state index contributed by atoms with van der Waals surface area (Å²) in [5, 5.41) is 3.41. The molecule has 0 spiro atoms. The van der Waals surface area contributed by atoms with Gasteiger partial charge < -0.3 is 10.1 Å². The molecule has 0 aliphatic carbocycles. The van der Waals surface area contributed by atoms with Crippen LogP contribution in [0.3, 0.4) is 0 Å². The van der Waals surface area contributed by atoms with Gasteiger partial charge in [-0.1, -0.05) is 29.8 Å². The summed E-state index contributed by atoms with van der Waals surface area (Å²) in [6.07, 6.45) is -0.765. The molecule has 0 unspecified atom stereocenters. The predicted octanol–water partition coefficient (Wildman–Crippen LogP) is 5.78. The van der Waals surface area contributed by atoms with E-state index in [1.54, 1.807) is 31.2 Å². The molecule has 0 aliphatic rings. The number of halogens is 1. The molecule has 0 radical (unpaired) electrons. The third kappa shape index (κ3) is 5.86. The highest BCUT2D eigenvalue weighted by atomic mass is 35.5. The highest BCUT2D eigenvalue weighted by molar-refractivity contribution is 7.92. The molecule has 8 heteroatoms. The molecule has 3 aromatic rings. The number of hydrogen-bond donors (Lipinski definition) is 2. The highest BCUT2D eigenvalue weighted by Gasteiger charge is 2.19. The van der Waals surface area contributed by atoms with Crippen LogP contribution in [0.1, 0.15) is 29.2 Å². The van der Waals surface area contributed by atoms with Crippen molar-refractivity contribution in [2.75, 3.05) is 10.0 Å². The van der Waals surface area contributed by atoms with E-state index in [-0.39, 0.29) is 10.8 Å². The van der Waals surface area contributed by atoms with Crippen molar-refractivity contribution in [3.05, 3.63) is 81.9 Å². The third-order valence-electron chi connectivity index (χ3n) is 5.24. The molecule has 174 valence electrons. The van der Waals surface area contributed by atoms with Gasteiger partial charge in [0, 0.05) is 10.7 Å². The van der Waals surface area contributed by atoms with Crippen molar-refractivity contribution in [1.29, 1.82) is 0 Å². The second-order valence-corrected chi connectivity index (χ2v) is 10.1. The Bertz CT molecular complexity index is 1250. The van der Waals surface area contributed by atoms with Gasteiger partial charge in [-0.2, -0.15) is 0 Å². The van der Waals surface area contributed by atoms with Crippen LogP contribution in [0.2, 0.25) is 5.02 Å². The fourth-order valence-electron chi connectivity index (χ4n) is 3.36. The fourth-order valence-corrected chi connectivity index (χ4v) is 4.67. The minimum absolute atomic E-state index is 0.0968. The first-order valence-corrected chi connectivity index (χ1v) is 12.3. The Morgan fingerprint density at radius 1 is 0.909 bits per heavy atom. The van der Waals surface area contributed by atoms with Crippen LogP contribution in [0.15, 0.2) is 59.5 Å². The number of sulfonamides is 1. The van der Waals surface area contributed by atoms with Crippen LogP contribution in [-0.2, 0) is 14.8 Å². The van der Waals surface area contributed by atoms with Crippen molar-refractivity contribution in [3.8, 4) is 5.75 Å². The van der Waals surface area contributed by atoms with Gasteiger partial charge in [0.2, 0.25) is 0 Å². The van der Waals surface area contributed by atoms with Crippen LogP contribution in [0.25, 0.3) is 0 Å². The summed E-state index contributed by atoms with van der Waals surface area (Å²) >= 11 is 6.18. The van der Waals surface area contributed by atoms with Crippen LogP contribution in [0, 0.1) is 27.7 Å². The molecule has 3 aromatic carbocycles. The lowest BCUT2D eigenvalue weighted by Crippen LogP contribution is -2.30. The number of rotatable bonds is 7. The molecule has 3 rings (SSSR count). The minimum atomic E-state index is -3.77. The van der Waals surface area contributed by atoms with E-state index in [0.717, 1.165) is 22.3 Å². The van der Waals surface area contributed by atoms with E-state index >= 15 is 0 Å². The van der Waals surface area contributed by atoms with Crippen LogP contribution in [0.5, 0.6) is 5.75 Å². The molecule has 0 aromatic heterocycles. The van der Waals surface area contributed by atoms with E-state index in [0.29, 0.717) is 22.1 Å². The number of nitrogens with one attached hydrogen (secondary N) is 2. The van der Waals surface area contributed by atoms with Gasteiger partial charge in [-0.25, -0.2) is 8.42 Å². The molecule has 2 N–H and O–H groups in total. The maximum Gasteiger partial charge on any atom is 0.265 e. The standard InChI is InChI=1S/C25H27ClN2O4S/c1-15-7-6-8-16(2)24(15)28-33(30,31)22-11-9-20(10-12-22)27-25(29)19(5)32-21-13-17(3)23(26)18(4)14-21/h6-14,19,28H,1-5H3,(H,27,29)/t19-/m0/s1. The van der Waals surface area contributed by atoms with Crippen molar-refractivity contribution in [2.24, 2.45) is 0 Å². The summed E-state index contributed by atoms with van der Waals surface area (Å²) < 4.78 is 34.0. The summed E-state index contributed by atoms with van der Waals surface area (Å²) in [5.41, 5.74) is 4.43.